The van der Waals surface area contributed by atoms with Crippen LogP contribution in [0, 0.1) is 0 Å². The molecular weight excluding hydrogens is 308 g/mol. The first-order valence-electron chi connectivity index (χ1n) is 7.81. The number of ether oxygens (including phenoxy) is 2. The van der Waals surface area contributed by atoms with Crippen LogP contribution in [0.4, 0.5) is 0 Å². The number of methoxy groups -OCH3 is 1. The van der Waals surface area contributed by atoms with Crippen molar-refractivity contribution < 1.29 is 19.4 Å². The van der Waals surface area contributed by atoms with Crippen LogP contribution in [0.2, 0.25) is 0 Å². The fourth-order valence-electron chi connectivity index (χ4n) is 1.54. The maximum absolute atomic E-state index is 9.81. The molecule has 0 saturated heterocycles. The summed E-state index contributed by atoms with van der Waals surface area (Å²) < 4.78 is 10.7. The smallest absolute Gasteiger partial charge is 0.207 e. The molecule has 1 rings (SSSR count). The summed E-state index contributed by atoms with van der Waals surface area (Å²) in [7, 11) is 1.60. The molecule has 0 aliphatic rings. The molecule has 6 nitrogen and oxygen atoms in total. The monoisotopic (exact) mass is 338 g/mol. The summed E-state index contributed by atoms with van der Waals surface area (Å²) in [6.07, 6.45) is 1.71. The van der Waals surface area contributed by atoms with Gasteiger partial charge in [-0.25, -0.2) is 0 Å². The van der Waals surface area contributed by atoms with Crippen LogP contribution < -0.4 is 20.1 Å². The second kappa shape index (κ2) is 12.4. The highest BCUT2D eigenvalue weighted by atomic mass is 16.5. The van der Waals surface area contributed by atoms with Gasteiger partial charge >= 0.3 is 0 Å². The van der Waals surface area contributed by atoms with Crippen molar-refractivity contribution in [3.8, 4) is 11.5 Å². The molecule has 0 fully saturated rings. The fourth-order valence-corrected chi connectivity index (χ4v) is 1.54. The molecule has 0 bridgehead atoms. The van der Waals surface area contributed by atoms with Gasteiger partial charge in [-0.2, -0.15) is 0 Å². The molecule has 0 aliphatic carbocycles. The second-order valence-corrected chi connectivity index (χ2v) is 6.06. The van der Waals surface area contributed by atoms with Gasteiger partial charge in [0.25, 0.3) is 0 Å². The number of para-hydroxylation sites is 2. The summed E-state index contributed by atoms with van der Waals surface area (Å²) in [5.41, 5.74) is -0.00851. The highest BCUT2D eigenvalue weighted by Crippen LogP contribution is 2.25. The van der Waals surface area contributed by atoms with E-state index in [1.165, 1.54) is 0 Å². The number of amides is 1. The van der Waals surface area contributed by atoms with Crippen LogP contribution in [0.15, 0.2) is 36.9 Å². The lowest BCUT2D eigenvalue weighted by Crippen LogP contribution is -2.42. The molecule has 3 N–H and O–H groups in total. The van der Waals surface area contributed by atoms with E-state index in [1.807, 2.05) is 24.3 Å². The van der Waals surface area contributed by atoms with Crippen molar-refractivity contribution in [3.63, 3.8) is 0 Å². The van der Waals surface area contributed by atoms with Crippen LogP contribution in [-0.4, -0.2) is 50.0 Å². The summed E-state index contributed by atoms with van der Waals surface area (Å²) in [6.45, 7) is 10.8. The number of aliphatic hydroxyl groups excluding tert-OH is 1. The minimum atomic E-state index is -0.547. The van der Waals surface area contributed by atoms with Gasteiger partial charge in [-0.1, -0.05) is 18.2 Å². The molecule has 0 aromatic heterocycles. The van der Waals surface area contributed by atoms with Gasteiger partial charge in [-0.3, -0.25) is 4.79 Å². The minimum Gasteiger partial charge on any atom is -0.493 e. The summed E-state index contributed by atoms with van der Waals surface area (Å²) >= 11 is 0. The number of nitrogens with one attached hydrogen (secondary N) is 2. The first kappa shape index (κ1) is 21.9. The number of benzene rings is 1. The molecule has 6 heteroatoms. The van der Waals surface area contributed by atoms with Crippen molar-refractivity contribution >= 4 is 6.41 Å². The van der Waals surface area contributed by atoms with Gasteiger partial charge in [0, 0.05) is 18.6 Å². The number of hydrogen-bond donors (Lipinski definition) is 3. The first-order valence-corrected chi connectivity index (χ1v) is 7.81. The molecule has 1 atom stereocenters. The van der Waals surface area contributed by atoms with Crippen molar-refractivity contribution in [3.05, 3.63) is 36.9 Å². The van der Waals surface area contributed by atoms with E-state index in [0.29, 0.717) is 31.0 Å². The van der Waals surface area contributed by atoms with E-state index in [2.05, 4.69) is 38.0 Å². The summed E-state index contributed by atoms with van der Waals surface area (Å²) in [5.74, 6) is 1.32. The SMILES string of the molecule is C=CCNC=O.COc1ccccc1OCC(O)CNC(C)(C)C. The van der Waals surface area contributed by atoms with Crippen LogP contribution in [0.25, 0.3) is 0 Å². The lowest BCUT2D eigenvalue weighted by atomic mass is 10.1. The van der Waals surface area contributed by atoms with E-state index in [9.17, 15) is 9.90 Å². The summed E-state index contributed by atoms with van der Waals surface area (Å²) in [5, 5.41) is 15.4. The molecule has 0 spiro atoms. The van der Waals surface area contributed by atoms with Gasteiger partial charge < -0.3 is 25.2 Å². The number of hydrogen-bond acceptors (Lipinski definition) is 5. The third kappa shape index (κ3) is 11.5. The van der Waals surface area contributed by atoms with E-state index in [1.54, 1.807) is 13.2 Å². The van der Waals surface area contributed by atoms with Gasteiger partial charge in [-0.05, 0) is 32.9 Å². The molecule has 1 amide bonds. The van der Waals surface area contributed by atoms with Crippen LogP contribution in [-0.2, 0) is 4.79 Å². The molecular formula is C18H30N2O4. The van der Waals surface area contributed by atoms with Crippen molar-refractivity contribution in [2.45, 2.75) is 32.4 Å². The molecule has 0 radical (unpaired) electrons. The Morgan fingerprint density at radius 2 is 1.92 bits per heavy atom. The number of β-amino-alcohol motifs (C(OH)–C–C–N with tert-alkyl or cyclic N) is 1. The topological polar surface area (TPSA) is 79.8 Å². The molecule has 1 aromatic rings. The number of carbonyl (C=O) groups excluding carboxylic acids is 1. The van der Waals surface area contributed by atoms with E-state index < -0.39 is 6.10 Å². The van der Waals surface area contributed by atoms with Gasteiger partial charge in [0.15, 0.2) is 11.5 Å². The third-order valence-electron chi connectivity index (χ3n) is 2.71. The first-order chi connectivity index (χ1) is 11.3. The lowest BCUT2D eigenvalue weighted by Gasteiger charge is -2.23. The van der Waals surface area contributed by atoms with E-state index in [-0.39, 0.29) is 12.1 Å². The zero-order chi connectivity index (χ0) is 18.4. The maximum atomic E-state index is 9.81. The average molecular weight is 338 g/mol. The lowest BCUT2D eigenvalue weighted by molar-refractivity contribution is -0.109. The van der Waals surface area contributed by atoms with Crippen LogP contribution in [0.1, 0.15) is 20.8 Å². The molecule has 1 aromatic carbocycles. The van der Waals surface area contributed by atoms with E-state index >= 15 is 0 Å². The molecule has 136 valence electrons. The minimum absolute atomic E-state index is 0.00851. The predicted octanol–water partition coefficient (Wildman–Crippen LogP) is 1.74. The average Bonchev–Trinajstić information content (AvgIpc) is 2.56. The van der Waals surface area contributed by atoms with Crippen molar-refractivity contribution in [2.75, 3.05) is 26.8 Å². The Hall–Kier alpha value is -2.05. The molecule has 1 unspecified atom stereocenters. The maximum Gasteiger partial charge on any atom is 0.207 e. The number of carbonyl (C=O) groups is 1. The van der Waals surface area contributed by atoms with Crippen molar-refractivity contribution in [2.24, 2.45) is 0 Å². The molecule has 24 heavy (non-hydrogen) atoms. The Labute approximate surface area is 144 Å². The Kier molecular flexibility index (Phi) is 11.3. The van der Waals surface area contributed by atoms with Crippen LogP contribution >= 0.6 is 0 Å². The summed E-state index contributed by atoms with van der Waals surface area (Å²) in [6, 6.07) is 7.40. The Bertz CT molecular complexity index is 464. The fraction of sp³-hybridized carbons (Fsp3) is 0.500. The Morgan fingerprint density at radius 3 is 2.38 bits per heavy atom. The van der Waals surface area contributed by atoms with Gasteiger partial charge in [0.05, 0.1) is 7.11 Å². The Morgan fingerprint density at radius 1 is 1.29 bits per heavy atom. The van der Waals surface area contributed by atoms with Gasteiger partial charge in [0.1, 0.15) is 12.7 Å². The highest BCUT2D eigenvalue weighted by Gasteiger charge is 2.13. The second-order valence-electron chi connectivity index (χ2n) is 6.06. The predicted molar refractivity (Wildman–Crippen MR) is 96.5 cm³/mol. The van der Waals surface area contributed by atoms with Gasteiger partial charge in [-0.15, -0.1) is 6.58 Å². The van der Waals surface area contributed by atoms with Gasteiger partial charge in [0.2, 0.25) is 6.41 Å². The highest BCUT2D eigenvalue weighted by molar-refractivity contribution is 5.46. The van der Waals surface area contributed by atoms with Crippen molar-refractivity contribution in [1.29, 1.82) is 0 Å². The number of aliphatic hydroxyl groups is 1. The van der Waals surface area contributed by atoms with Crippen molar-refractivity contribution in [1.82, 2.24) is 10.6 Å². The van der Waals surface area contributed by atoms with E-state index in [0.717, 1.165) is 0 Å². The normalized spacial score (nSPS) is 11.5. The molecule has 0 heterocycles. The molecule has 0 aliphatic heterocycles. The van der Waals surface area contributed by atoms with Crippen LogP contribution in [0.3, 0.4) is 0 Å². The Balaban J connectivity index is 0.000000754. The summed E-state index contributed by atoms with van der Waals surface area (Å²) in [4.78, 5) is 9.40. The molecule has 0 saturated carbocycles. The third-order valence-corrected chi connectivity index (χ3v) is 2.71. The standard InChI is InChI=1S/C14H23NO3.C4H7NO/c1-14(2,3)15-9-11(16)10-18-13-8-6-5-7-12(13)17-4;1-2-3-5-4-6/h5-8,11,15-16H,9-10H2,1-4H3;2,4H,1,3H2,(H,5,6). The zero-order valence-electron chi connectivity index (χ0n) is 15.0. The quantitative estimate of drug-likeness (QED) is 0.363. The van der Waals surface area contributed by atoms with Crippen LogP contribution in [0.5, 0.6) is 11.5 Å². The van der Waals surface area contributed by atoms with E-state index in [4.69, 9.17) is 9.47 Å². The largest absolute Gasteiger partial charge is 0.493 e. The zero-order valence-corrected chi connectivity index (χ0v) is 15.0. The number of rotatable bonds is 9.